The number of likely N-dealkylation sites (tertiary alicyclic amines) is 1. The minimum Gasteiger partial charge on any atom is -0.396 e. The molecule has 0 saturated carbocycles. The van der Waals surface area contributed by atoms with Crippen molar-refractivity contribution in [1.29, 1.82) is 0 Å². The first-order valence-electron chi connectivity index (χ1n) is 6.37. The maximum atomic E-state index is 9.18. The minimum absolute atomic E-state index is 0.00180. The van der Waals surface area contributed by atoms with Gasteiger partial charge in [-0.1, -0.05) is 20.8 Å². The Morgan fingerprint density at radius 1 is 1.31 bits per heavy atom. The molecule has 1 saturated heterocycles. The number of piperidine rings is 1. The summed E-state index contributed by atoms with van der Waals surface area (Å²) in [5.41, 5.74) is 0.444. The van der Waals surface area contributed by atoms with Crippen molar-refractivity contribution in [3.63, 3.8) is 0 Å². The second-order valence-electron chi connectivity index (χ2n) is 6.54. The number of hydrogen-bond acceptors (Lipinski definition) is 3. The molecular formula is C13H28N2O. The van der Waals surface area contributed by atoms with Crippen molar-refractivity contribution in [1.82, 2.24) is 10.2 Å². The topological polar surface area (TPSA) is 35.5 Å². The molecule has 0 unspecified atom stereocenters. The Kier molecular flexibility index (Phi) is 4.77. The van der Waals surface area contributed by atoms with Gasteiger partial charge in [-0.15, -0.1) is 0 Å². The Labute approximate surface area is 100 Å². The van der Waals surface area contributed by atoms with E-state index < -0.39 is 0 Å². The summed E-state index contributed by atoms with van der Waals surface area (Å²) < 4.78 is 0. The summed E-state index contributed by atoms with van der Waals surface area (Å²) in [5, 5.41) is 12.7. The normalized spacial score (nSPS) is 22.3. The molecule has 0 atom stereocenters. The van der Waals surface area contributed by atoms with Crippen LogP contribution in [0, 0.1) is 10.8 Å². The van der Waals surface area contributed by atoms with Crippen molar-refractivity contribution in [3.8, 4) is 0 Å². The lowest BCUT2D eigenvalue weighted by atomic mass is 9.80. The molecule has 0 amide bonds. The zero-order chi connectivity index (χ0) is 12.2. The van der Waals surface area contributed by atoms with Crippen LogP contribution in [0.1, 0.15) is 33.6 Å². The zero-order valence-electron chi connectivity index (χ0n) is 11.3. The molecule has 0 radical (unpaired) electrons. The van der Waals surface area contributed by atoms with E-state index in [4.69, 9.17) is 0 Å². The summed E-state index contributed by atoms with van der Waals surface area (Å²) in [6.45, 7) is 11.2. The average Bonchev–Trinajstić information content (AvgIpc) is 2.23. The molecule has 1 heterocycles. The summed E-state index contributed by atoms with van der Waals surface area (Å²) >= 11 is 0. The van der Waals surface area contributed by atoms with Crippen molar-refractivity contribution in [2.45, 2.75) is 33.6 Å². The summed E-state index contributed by atoms with van der Waals surface area (Å²) in [4.78, 5) is 2.40. The van der Waals surface area contributed by atoms with E-state index in [1.54, 1.807) is 0 Å². The molecule has 1 rings (SSSR count). The van der Waals surface area contributed by atoms with Crippen LogP contribution in [-0.4, -0.2) is 49.8 Å². The quantitative estimate of drug-likeness (QED) is 0.745. The van der Waals surface area contributed by atoms with E-state index in [-0.39, 0.29) is 12.0 Å². The van der Waals surface area contributed by atoms with Crippen LogP contribution in [0.15, 0.2) is 0 Å². The number of aliphatic hydroxyl groups is 1. The van der Waals surface area contributed by atoms with Crippen molar-refractivity contribution in [2.75, 3.05) is 39.8 Å². The number of nitrogens with zero attached hydrogens (tertiary/aromatic N) is 1. The fourth-order valence-corrected chi connectivity index (χ4v) is 2.09. The maximum absolute atomic E-state index is 9.18. The molecule has 1 fully saturated rings. The standard InChI is InChI=1S/C13H28N2O/c1-12(2,11-16)9-14-10-13(3)5-7-15(4)8-6-13/h14,16H,5-11H2,1-4H3. The van der Waals surface area contributed by atoms with Crippen LogP contribution in [-0.2, 0) is 0 Å². The van der Waals surface area contributed by atoms with Crippen LogP contribution in [0.2, 0.25) is 0 Å². The van der Waals surface area contributed by atoms with Gasteiger partial charge in [-0.2, -0.15) is 0 Å². The van der Waals surface area contributed by atoms with Gasteiger partial charge < -0.3 is 15.3 Å². The van der Waals surface area contributed by atoms with Gasteiger partial charge >= 0.3 is 0 Å². The first kappa shape index (κ1) is 13.9. The second-order valence-corrected chi connectivity index (χ2v) is 6.54. The summed E-state index contributed by atoms with van der Waals surface area (Å²) in [6.07, 6.45) is 2.55. The predicted molar refractivity (Wildman–Crippen MR) is 68.6 cm³/mol. The first-order valence-corrected chi connectivity index (χ1v) is 6.37. The van der Waals surface area contributed by atoms with Gasteiger partial charge in [0.2, 0.25) is 0 Å². The van der Waals surface area contributed by atoms with Gasteiger partial charge in [0.05, 0.1) is 0 Å². The molecule has 3 heteroatoms. The SMILES string of the molecule is CN1CCC(C)(CNCC(C)(C)CO)CC1. The highest BCUT2D eigenvalue weighted by Gasteiger charge is 2.29. The molecule has 0 aliphatic carbocycles. The van der Waals surface area contributed by atoms with Crippen molar-refractivity contribution in [2.24, 2.45) is 10.8 Å². The van der Waals surface area contributed by atoms with Gasteiger partial charge in [0.25, 0.3) is 0 Å². The average molecular weight is 228 g/mol. The Balaban J connectivity index is 2.26. The van der Waals surface area contributed by atoms with E-state index in [0.29, 0.717) is 5.41 Å². The molecule has 0 spiro atoms. The van der Waals surface area contributed by atoms with E-state index in [1.165, 1.54) is 25.9 Å². The maximum Gasteiger partial charge on any atom is 0.0494 e. The lowest BCUT2D eigenvalue weighted by Gasteiger charge is -2.38. The zero-order valence-corrected chi connectivity index (χ0v) is 11.3. The Bertz CT molecular complexity index is 208. The number of hydrogen-bond donors (Lipinski definition) is 2. The lowest BCUT2D eigenvalue weighted by molar-refractivity contribution is 0.120. The third kappa shape index (κ3) is 4.40. The predicted octanol–water partition coefficient (Wildman–Crippen LogP) is 1.33. The highest BCUT2D eigenvalue weighted by molar-refractivity contribution is 4.84. The van der Waals surface area contributed by atoms with E-state index in [0.717, 1.165) is 13.1 Å². The largest absolute Gasteiger partial charge is 0.396 e. The summed E-state index contributed by atoms with van der Waals surface area (Å²) in [6, 6.07) is 0. The van der Waals surface area contributed by atoms with Gasteiger partial charge in [-0.05, 0) is 38.4 Å². The Morgan fingerprint density at radius 2 is 1.88 bits per heavy atom. The van der Waals surface area contributed by atoms with Crippen LogP contribution >= 0.6 is 0 Å². The van der Waals surface area contributed by atoms with Gasteiger partial charge in [0.1, 0.15) is 0 Å². The van der Waals surface area contributed by atoms with E-state index >= 15 is 0 Å². The van der Waals surface area contributed by atoms with E-state index in [9.17, 15) is 5.11 Å². The number of rotatable bonds is 5. The van der Waals surface area contributed by atoms with Crippen LogP contribution in [0.3, 0.4) is 0 Å². The fourth-order valence-electron chi connectivity index (χ4n) is 2.09. The highest BCUT2D eigenvalue weighted by Crippen LogP contribution is 2.29. The molecule has 0 aromatic rings. The molecule has 96 valence electrons. The lowest BCUT2D eigenvalue weighted by Crippen LogP contribution is -2.44. The molecule has 0 aromatic heterocycles. The van der Waals surface area contributed by atoms with Crippen molar-refractivity contribution >= 4 is 0 Å². The van der Waals surface area contributed by atoms with E-state index in [2.05, 4.69) is 38.0 Å². The smallest absolute Gasteiger partial charge is 0.0494 e. The van der Waals surface area contributed by atoms with Crippen molar-refractivity contribution < 1.29 is 5.11 Å². The third-order valence-electron chi connectivity index (χ3n) is 3.78. The molecule has 0 bridgehead atoms. The van der Waals surface area contributed by atoms with E-state index in [1.807, 2.05) is 0 Å². The third-order valence-corrected chi connectivity index (χ3v) is 3.78. The fraction of sp³-hybridized carbons (Fsp3) is 1.00. The van der Waals surface area contributed by atoms with Crippen LogP contribution in [0.25, 0.3) is 0 Å². The highest BCUT2D eigenvalue weighted by atomic mass is 16.3. The molecular weight excluding hydrogens is 200 g/mol. The van der Waals surface area contributed by atoms with Crippen LogP contribution < -0.4 is 5.32 Å². The molecule has 1 aliphatic heterocycles. The van der Waals surface area contributed by atoms with Gasteiger partial charge in [0, 0.05) is 25.1 Å². The Morgan fingerprint density at radius 3 is 2.38 bits per heavy atom. The monoisotopic (exact) mass is 228 g/mol. The van der Waals surface area contributed by atoms with Crippen molar-refractivity contribution in [3.05, 3.63) is 0 Å². The molecule has 2 N–H and O–H groups in total. The first-order chi connectivity index (χ1) is 7.37. The second kappa shape index (κ2) is 5.48. The minimum atomic E-state index is 0.00180. The Hall–Kier alpha value is -0.120. The van der Waals surface area contributed by atoms with Gasteiger partial charge in [-0.3, -0.25) is 0 Å². The van der Waals surface area contributed by atoms with Crippen LogP contribution in [0.4, 0.5) is 0 Å². The molecule has 0 aromatic carbocycles. The molecule has 16 heavy (non-hydrogen) atoms. The van der Waals surface area contributed by atoms with Gasteiger partial charge in [-0.25, -0.2) is 0 Å². The molecule has 3 nitrogen and oxygen atoms in total. The summed E-state index contributed by atoms with van der Waals surface area (Å²) in [7, 11) is 2.20. The van der Waals surface area contributed by atoms with Gasteiger partial charge in [0.15, 0.2) is 0 Å². The van der Waals surface area contributed by atoms with Crippen LogP contribution in [0.5, 0.6) is 0 Å². The molecule has 1 aliphatic rings. The number of aliphatic hydroxyl groups excluding tert-OH is 1. The number of nitrogens with one attached hydrogen (secondary N) is 1. The summed E-state index contributed by atoms with van der Waals surface area (Å²) in [5.74, 6) is 0.